The lowest BCUT2D eigenvalue weighted by atomic mass is 10.00. The molecule has 0 N–H and O–H groups in total. The van der Waals surface area contributed by atoms with Crippen LogP contribution in [0.5, 0.6) is 17.2 Å². The van der Waals surface area contributed by atoms with Crippen LogP contribution in [0.15, 0.2) is 55.1 Å². The molecule has 0 unspecified atom stereocenters. The van der Waals surface area contributed by atoms with Crippen molar-refractivity contribution in [1.82, 2.24) is 19.4 Å². The van der Waals surface area contributed by atoms with Gasteiger partial charge in [-0.15, -0.1) is 0 Å². The number of fused-ring (bicyclic) bond motifs is 1. The van der Waals surface area contributed by atoms with Crippen molar-refractivity contribution < 1.29 is 27.8 Å². The van der Waals surface area contributed by atoms with Crippen molar-refractivity contribution >= 4 is 11.4 Å². The Balaban J connectivity index is 1.47. The monoisotopic (exact) mass is 480 g/mol. The number of nitrogens with zero attached hydrogens (tertiary/aromatic N) is 4. The highest BCUT2D eigenvalue weighted by atomic mass is 19.3. The highest BCUT2D eigenvalue weighted by Crippen LogP contribution is 2.40. The number of Topliss-reactive ketones (excluding diaryl/α,β-unsaturated/α-hetero) is 1. The highest BCUT2D eigenvalue weighted by Gasteiger charge is 2.29. The number of hydrogen-bond donors (Lipinski definition) is 0. The molecule has 0 spiro atoms. The molecule has 1 aliphatic carbocycles. The van der Waals surface area contributed by atoms with Crippen molar-refractivity contribution in [3.63, 3.8) is 0 Å². The number of methoxy groups -OCH3 is 1. The number of ether oxygens (including phenoxy) is 3. The average Bonchev–Trinajstić information content (AvgIpc) is 3.57. The number of aromatic nitrogens is 4. The molecule has 0 aliphatic heterocycles. The first-order valence-electron chi connectivity index (χ1n) is 11.1. The second-order valence-corrected chi connectivity index (χ2v) is 8.19. The Hall–Kier alpha value is -4.08. The van der Waals surface area contributed by atoms with Crippen LogP contribution in [0.1, 0.15) is 35.4 Å². The van der Waals surface area contributed by atoms with E-state index < -0.39 is 6.61 Å². The summed E-state index contributed by atoms with van der Waals surface area (Å²) in [5.74, 6) is 1.11. The summed E-state index contributed by atoms with van der Waals surface area (Å²) >= 11 is 0. The SMILES string of the molecule is COc1cc(-c2cnc3cc(OCc4ncccn4)ccn23)cc(OC(F)F)c1C(=O)CC1CC1. The lowest BCUT2D eigenvalue weighted by Gasteiger charge is -2.16. The first-order chi connectivity index (χ1) is 17.0. The molecule has 0 amide bonds. The average molecular weight is 480 g/mol. The molecule has 3 heterocycles. The predicted molar refractivity (Wildman–Crippen MR) is 122 cm³/mol. The lowest BCUT2D eigenvalue weighted by Crippen LogP contribution is -2.11. The van der Waals surface area contributed by atoms with Gasteiger partial charge in [-0.05, 0) is 43.0 Å². The fourth-order valence-corrected chi connectivity index (χ4v) is 3.87. The summed E-state index contributed by atoms with van der Waals surface area (Å²) < 4.78 is 44.2. The molecule has 1 fully saturated rings. The second-order valence-electron chi connectivity index (χ2n) is 8.19. The molecule has 35 heavy (non-hydrogen) atoms. The number of benzene rings is 1. The highest BCUT2D eigenvalue weighted by molar-refractivity contribution is 6.02. The Labute approximate surface area is 199 Å². The Morgan fingerprint density at radius 2 is 1.91 bits per heavy atom. The van der Waals surface area contributed by atoms with E-state index in [4.69, 9.17) is 14.2 Å². The molecule has 8 nitrogen and oxygen atoms in total. The Morgan fingerprint density at radius 3 is 2.63 bits per heavy atom. The molecule has 0 bridgehead atoms. The molecule has 10 heteroatoms. The van der Waals surface area contributed by atoms with E-state index in [-0.39, 0.29) is 41.8 Å². The quantitative estimate of drug-likeness (QED) is 0.296. The van der Waals surface area contributed by atoms with Crippen LogP contribution in [0.3, 0.4) is 0 Å². The van der Waals surface area contributed by atoms with Crippen LogP contribution >= 0.6 is 0 Å². The van der Waals surface area contributed by atoms with Crippen LogP contribution in [0.25, 0.3) is 16.9 Å². The number of carbonyl (C=O) groups excluding carboxylic acids is 1. The van der Waals surface area contributed by atoms with Gasteiger partial charge in [0.1, 0.15) is 35.1 Å². The minimum atomic E-state index is -3.09. The van der Waals surface area contributed by atoms with Gasteiger partial charge in [0.2, 0.25) is 0 Å². The van der Waals surface area contributed by atoms with Gasteiger partial charge >= 0.3 is 6.61 Å². The van der Waals surface area contributed by atoms with Gasteiger partial charge < -0.3 is 14.2 Å². The van der Waals surface area contributed by atoms with E-state index in [0.717, 1.165) is 12.8 Å². The molecule has 1 saturated carbocycles. The molecule has 0 radical (unpaired) electrons. The number of pyridine rings is 1. The maximum atomic E-state index is 13.2. The van der Waals surface area contributed by atoms with Crippen molar-refractivity contribution in [3.05, 3.63) is 66.5 Å². The van der Waals surface area contributed by atoms with Crippen LogP contribution in [0.4, 0.5) is 8.78 Å². The first-order valence-corrected chi connectivity index (χ1v) is 11.1. The molecular formula is C25H22F2N4O4. The largest absolute Gasteiger partial charge is 0.496 e. The molecule has 1 aromatic carbocycles. The van der Waals surface area contributed by atoms with E-state index in [0.29, 0.717) is 28.5 Å². The molecule has 1 aliphatic rings. The summed E-state index contributed by atoms with van der Waals surface area (Å²) in [5.41, 5.74) is 1.74. The number of rotatable bonds is 10. The van der Waals surface area contributed by atoms with Gasteiger partial charge in [0, 0.05) is 36.6 Å². The number of carbonyl (C=O) groups is 1. The Morgan fingerprint density at radius 1 is 1.14 bits per heavy atom. The molecule has 0 atom stereocenters. The predicted octanol–water partition coefficient (Wildman–Crippen LogP) is 4.96. The van der Waals surface area contributed by atoms with Crippen LogP contribution in [-0.4, -0.2) is 38.9 Å². The van der Waals surface area contributed by atoms with Gasteiger partial charge in [0.05, 0.1) is 19.0 Å². The summed E-state index contributed by atoms with van der Waals surface area (Å²) in [7, 11) is 1.40. The molecule has 4 aromatic rings. The minimum Gasteiger partial charge on any atom is -0.496 e. The van der Waals surface area contributed by atoms with Gasteiger partial charge in [0.15, 0.2) is 11.6 Å². The van der Waals surface area contributed by atoms with E-state index in [1.165, 1.54) is 13.2 Å². The molecule has 5 rings (SSSR count). The van der Waals surface area contributed by atoms with Gasteiger partial charge in [-0.2, -0.15) is 8.78 Å². The van der Waals surface area contributed by atoms with Crippen LogP contribution in [-0.2, 0) is 6.61 Å². The number of halogens is 2. The smallest absolute Gasteiger partial charge is 0.387 e. The molecule has 0 saturated heterocycles. The van der Waals surface area contributed by atoms with E-state index in [9.17, 15) is 13.6 Å². The topological polar surface area (TPSA) is 87.8 Å². The standard InChI is InChI=1S/C25H22F2N4O4/c1-33-20-10-16(11-21(35-25(26)27)24(20)19(32)9-15-3-4-15)18-13-30-23-12-17(5-8-31(18)23)34-14-22-28-6-2-7-29-22/h2,5-8,10-13,15,25H,3-4,9,14H2,1H3. The fraction of sp³-hybridized carbons (Fsp3) is 0.280. The van der Waals surface area contributed by atoms with Gasteiger partial charge in [-0.1, -0.05) is 0 Å². The van der Waals surface area contributed by atoms with Crippen LogP contribution < -0.4 is 14.2 Å². The third-order valence-electron chi connectivity index (χ3n) is 5.72. The zero-order valence-corrected chi connectivity index (χ0v) is 18.9. The van der Waals surface area contributed by atoms with Gasteiger partial charge in [-0.3, -0.25) is 9.20 Å². The normalized spacial score (nSPS) is 13.3. The fourth-order valence-electron chi connectivity index (χ4n) is 3.87. The Kier molecular flexibility index (Phi) is 6.26. The molecule has 180 valence electrons. The number of alkyl halides is 2. The summed E-state index contributed by atoms with van der Waals surface area (Å²) in [6.07, 6.45) is 8.84. The zero-order chi connectivity index (χ0) is 24.4. The van der Waals surface area contributed by atoms with Crippen molar-refractivity contribution in [2.75, 3.05) is 7.11 Å². The van der Waals surface area contributed by atoms with Crippen molar-refractivity contribution in [1.29, 1.82) is 0 Å². The van der Waals surface area contributed by atoms with E-state index in [1.54, 1.807) is 53.5 Å². The summed E-state index contributed by atoms with van der Waals surface area (Å²) in [4.78, 5) is 25.5. The third kappa shape index (κ3) is 5.06. The van der Waals surface area contributed by atoms with E-state index in [2.05, 4.69) is 15.0 Å². The van der Waals surface area contributed by atoms with Crippen LogP contribution in [0.2, 0.25) is 0 Å². The zero-order valence-electron chi connectivity index (χ0n) is 18.9. The van der Waals surface area contributed by atoms with Crippen molar-refractivity contribution in [2.45, 2.75) is 32.5 Å². The Bertz CT molecular complexity index is 1360. The van der Waals surface area contributed by atoms with E-state index >= 15 is 0 Å². The summed E-state index contributed by atoms with van der Waals surface area (Å²) in [6.45, 7) is -2.88. The van der Waals surface area contributed by atoms with Crippen molar-refractivity contribution in [2.24, 2.45) is 5.92 Å². The summed E-state index contributed by atoms with van der Waals surface area (Å²) in [5, 5.41) is 0. The summed E-state index contributed by atoms with van der Waals surface area (Å²) in [6, 6.07) is 8.29. The third-order valence-corrected chi connectivity index (χ3v) is 5.72. The molecular weight excluding hydrogens is 458 g/mol. The van der Waals surface area contributed by atoms with Crippen molar-refractivity contribution in [3.8, 4) is 28.5 Å². The van der Waals surface area contributed by atoms with Gasteiger partial charge in [-0.25, -0.2) is 15.0 Å². The second kappa shape index (κ2) is 9.65. The maximum absolute atomic E-state index is 13.2. The van der Waals surface area contributed by atoms with E-state index in [1.807, 2.05) is 0 Å². The van der Waals surface area contributed by atoms with Gasteiger partial charge in [0.25, 0.3) is 0 Å². The van der Waals surface area contributed by atoms with Crippen LogP contribution in [0, 0.1) is 5.92 Å². The number of ketones is 1. The number of hydrogen-bond acceptors (Lipinski definition) is 7. The number of imidazole rings is 1. The first kappa shape index (κ1) is 22.7. The molecule has 3 aromatic heterocycles. The lowest BCUT2D eigenvalue weighted by molar-refractivity contribution is -0.0502. The minimum absolute atomic E-state index is 0.0380. The maximum Gasteiger partial charge on any atom is 0.387 e.